The highest BCUT2D eigenvalue weighted by Crippen LogP contribution is 2.36. The van der Waals surface area contributed by atoms with Crippen molar-refractivity contribution in [3.8, 4) is 0 Å². The van der Waals surface area contributed by atoms with Crippen LogP contribution in [0.15, 0.2) is 71.8 Å². The Hall–Kier alpha value is -2.28. The summed E-state index contributed by atoms with van der Waals surface area (Å²) in [4.78, 5) is 7.21. The smallest absolute Gasteiger partial charge is 0.242 e. The number of rotatable bonds is 6. The molecule has 2 fully saturated rings. The molecule has 1 N–H and O–H groups in total. The summed E-state index contributed by atoms with van der Waals surface area (Å²) in [5.41, 5.74) is 1.90. The normalized spacial score (nSPS) is 24.3. The first-order chi connectivity index (χ1) is 14.6. The topological polar surface area (TPSA) is 62.3 Å². The molecule has 5 rings (SSSR count). The number of para-hydroxylation sites is 1. The number of aromatic nitrogens is 1. The number of piperidine rings is 1. The van der Waals surface area contributed by atoms with E-state index < -0.39 is 10.0 Å². The minimum Gasteiger partial charge on any atom is -0.297 e. The highest BCUT2D eigenvalue weighted by atomic mass is 32.2. The minimum absolute atomic E-state index is 0.0144. The van der Waals surface area contributed by atoms with Crippen LogP contribution in [-0.2, 0) is 16.4 Å². The molecule has 2 aromatic carbocycles. The average Bonchev–Trinajstić information content (AvgIpc) is 3.00. The Morgan fingerprint density at radius 1 is 0.933 bits per heavy atom. The number of sulfonamides is 1. The Morgan fingerprint density at radius 2 is 1.67 bits per heavy atom. The standard InChI is InChI=1S/C24H27N3O2S/c28-30(29,23-10-4-8-19-9-5-14-25-24(19)23)26-20-16-21-11-12-22(17-20)27(21)15-13-18-6-2-1-3-7-18/h1-10,14,20-22,26H,11-13,15-17H2. The predicted octanol–water partition coefficient (Wildman–Crippen LogP) is 3.75. The van der Waals surface area contributed by atoms with E-state index in [0.717, 1.165) is 44.0 Å². The Labute approximate surface area is 178 Å². The van der Waals surface area contributed by atoms with E-state index in [1.807, 2.05) is 18.2 Å². The molecule has 0 spiro atoms. The van der Waals surface area contributed by atoms with Gasteiger partial charge < -0.3 is 0 Å². The second-order valence-electron chi connectivity index (χ2n) is 8.48. The first-order valence-electron chi connectivity index (χ1n) is 10.8. The van der Waals surface area contributed by atoms with Crippen LogP contribution in [0.5, 0.6) is 0 Å². The maximum Gasteiger partial charge on any atom is 0.242 e. The number of fused-ring (bicyclic) bond motifs is 3. The maximum atomic E-state index is 13.2. The summed E-state index contributed by atoms with van der Waals surface area (Å²) in [6.07, 6.45) is 6.77. The third-order valence-electron chi connectivity index (χ3n) is 6.59. The number of benzene rings is 2. The zero-order chi connectivity index (χ0) is 20.6. The molecule has 3 aromatic rings. The Kier molecular flexibility index (Phi) is 5.31. The monoisotopic (exact) mass is 421 g/mol. The summed E-state index contributed by atoms with van der Waals surface area (Å²) >= 11 is 0. The van der Waals surface area contributed by atoms with E-state index in [9.17, 15) is 8.42 Å². The van der Waals surface area contributed by atoms with Gasteiger partial charge in [-0.25, -0.2) is 13.1 Å². The lowest BCUT2D eigenvalue weighted by Gasteiger charge is -2.39. The number of nitrogens with zero attached hydrogens (tertiary/aromatic N) is 2. The van der Waals surface area contributed by atoms with Gasteiger partial charge in [0.1, 0.15) is 4.90 Å². The van der Waals surface area contributed by atoms with Gasteiger partial charge in [0.15, 0.2) is 0 Å². The highest BCUT2D eigenvalue weighted by Gasteiger charge is 2.41. The number of pyridine rings is 1. The average molecular weight is 422 g/mol. The van der Waals surface area contributed by atoms with E-state index >= 15 is 0 Å². The van der Waals surface area contributed by atoms with Crippen molar-refractivity contribution >= 4 is 20.9 Å². The molecule has 6 heteroatoms. The van der Waals surface area contributed by atoms with Crippen molar-refractivity contribution in [1.29, 1.82) is 0 Å². The zero-order valence-corrected chi connectivity index (χ0v) is 17.8. The van der Waals surface area contributed by atoms with Gasteiger partial charge in [0, 0.05) is 36.3 Å². The van der Waals surface area contributed by atoms with Crippen LogP contribution in [0.4, 0.5) is 0 Å². The molecule has 2 bridgehead atoms. The molecule has 0 saturated carbocycles. The Bertz CT molecular complexity index is 1110. The van der Waals surface area contributed by atoms with Crippen LogP contribution in [-0.4, -0.2) is 43.0 Å². The Morgan fingerprint density at radius 3 is 2.43 bits per heavy atom. The molecular weight excluding hydrogens is 394 g/mol. The van der Waals surface area contributed by atoms with Crippen LogP contribution in [0.2, 0.25) is 0 Å². The van der Waals surface area contributed by atoms with Crippen molar-refractivity contribution in [1.82, 2.24) is 14.6 Å². The molecule has 0 radical (unpaired) electrons. The lowest BCUT2D eigenvalue weighted by Crippen LogP contribution is -2.50. The molecule has 2 aliphatic rings. The van der Waals surface area contributed by atoms with Gasteiger partial charge in [0.2, 0.25) is 10.0 Å². The molecule has 5 nitrogen and oxygen atoms in total. The molecule has 2 aliphatic heterocycles. The predicted molar refractivity (Wildman–Crippen MR) is 119 cm³/mol. The van der Waals surface area contributed by atoms with Crippen molar-refractivity contribution in [3.63, 3.8) is 0 Å². The third kappa shape index (κ3) is 3.87. The van der Waals surface area contributed by atoms with E-state index in [-0.39, 0.29) is 10.9 Å². The second kappa shape index (κ2) is 8.10. The molecule has 30 heavy (non-hydrogen) atoms. The van der Waals surface area contributed by atoms with E-state index in [4.69, 9.17) is 0 Å². The summed E-state index contributed by atoms with van der Waals surface area (Å²) < 4.78 is 29.4. The first kappa shape index (κ1) is 19.7. The summed E-state index contributed by atoms with van der Waals surface area (Å²) in [7, 11) is -3.61. The molecule has 2 saturated heterocycles. The van der Waals surface area contributed by atoms with Gasteiger partial charge in [-0.1, -0.05) is 48.5 Å². The van der Waals surface area contributed by atoms with Crippen LogP contribution in [0, 0.1) is 0 Å². The zero-order valence-electron chi connectivity index (χ0n) is 16.9. The summed E-state index contributed by atoms with van der Waals surface area (Å²) in [5.74, 6) is 0. The van der Waals surface area contributed by atoms with Crippen LogP contribution < -0.4 is 4.72 Å². The SMILES string of the molecule is O=S(=O)(NC1CC2CCC(C1)N2CCc1ccccc1)c1cccc2cccnc12. The van der Waals surface area contributed by atoms with E-state index in [2.05, 4.69) is 44.9 Å². The first-order valence-corrected chi connectivity index (χ1v) is 12.2. The number of hydrogen-bond donors (Lipinski definition) is 1. The fraction of sp³-hybridized carbons (Fsp3) is 0.375. The molecule has 0 amide bonds. The van der Waals surface area contributed by atoms with Gasteiger partial charge in [-0.2, -0.15) is 0 Å². The number of hydrogen-bond acceptors (Lipinski definition) is 4. The van der Waals surface area contributed by atoms with E-state index in [0.29, 0.717) is 17.6 Å². The molecule has 2 unspecified atom stereocenters. The van der Waals surface area contributed by atoms with Crippen LogP contribution >= 0.6 is 0 Å². The molecule has 1 aromatic heterocycles. The minimum atomic E-state index is -3.61. The maximum absolute atomic E-state index is 13.2. The van der Waals surface area contributed by atoms with Gasteiger partial charge in [0.25, 0.3) is 0 Å². The summed E-state index contributed by atoms with van der Waals surface area (Å²) in [6.45, 7) is 1.05. The summed E-state index contributed by atoms with van der Waals surface area (Å²) in [6, 6.07) is 20.6. The van der Waals surface area contributed by atoms with Crippen molar-refractivity contribution in [2.24, 2.45) is 0 Å². The second-order valence-corrected chi connectivity index (χ2v) is 10.2. The van der Waals surface area contributed by atoms with Gasteiger partial charge in [-0.15, -0.1) is 0 Å². The van der Waals surface area contributed by atoms with E-state index in [1.54, 1.807) is 18.3 Å². The molecule has 2 atom stereocenters. The fourth-order valence-corrected chi connectivity index (χ4v) is 6.66. The largest absolute Gasteiger partial charge is 0.297 e. The van der Waals surface area contributed by atoms with Crippen LogP contribution in [0.3, 0.4) is 0 Å². The van der Waals surface area contributed by atoms with Crippen LogP contribution in [0.1, 0.15) is 31.2 Å². The lowest BCUT2D eigenvalue weighted by molar-refractivity contribution is 0.125. The molecular formula is C24H27N3O2S. The molecule has 3 heterocycles. The molecule has 156 valence electrons. The lowest BCUT2D eigenvalue weighted by atomic mass is 9.97. The van der Waals surface area contributed by atoms with Crippen molar-refractivity contribution in [2.75, 3.05) is 6.54 Å². The Balaban J connectivity index is 1.28. The van der Waals surface area contributed by atoms with Gasteiger partial charge in [0.05, 0.1) is 5.52 Å². The molecule has 0 aliphatic carbocycles. The van der Waals surface area contributed by atoms with Gasteiger partial charge in [-0.3, -0.25) is 9.88 Å². The highest BCUT2D eigenvalue weighted by molar-refractivity contribution is 7.89. The van der Waals surface area contributed by atoms with E-state index in [1.165, 1.54) is 5.56 Å². The summed E-state index contributed by atoms with van der Waals surface area (Å²) in [5, 5.41) is 0.844. The number of nitrogens with one attached hydrogen (secondary N) is 1. The van der Waals surface area contributed by atoms with Crippen molar-refractivity contribution in [2.45, 2.75) is 55.1 Å². The fourth-order valence-electron chi connectivity index (χ4n) is 5.21. The third-order valence-corrected chi connectivity index (χ3v) is 8.14. The van der Waals surface area contributed by atoms with Crippen LogP contribution in [0.25, 0.3) is 10.9 Å². The van der Waals surface area contributed by atoms with Crippen molar-refractivity contribution < 1.29 is 8.42 Å². The van der Waals surface area contributed by atoms with Crippen molar-refractivity contribution in [3.05, 3.63) is 72.4 Å². The van der Waals surface area contributed by atoms with Gasteiger partial charge in [-0.05, 0) is 49.8 Å². The quantitative estimate of drug-likeness (QED) is 0.658. The van der Waals surface area contributed by atoms with Gasteiger partial charge >= 0.3 is 0 Å².